The number of rotatable bonds is 5. The largest absolute Gasteiger partial charge is 0.365 e. The van der Waals surface area contributed by atoms with Crippen LogP contribution in [0, 0.1) is 0 Å². The van der Waals surface area contributed by atoms with Crippen LogP contribution in [0.1, 0.15) is 17.4 Å². The summed E-state index contributed by atoms with van der Waals surface area (Å²) in [6.45, 7) is 4.44. The molecule has 0 saturated carbocycles. The fraction of sp³-hybridized carbons (Fsp3) is 0.286. The second-order valence-electron chi connectivity index (χ2n) is 4.05. The molecule has 0 bridgehead atoms. The lowest BCUT2D eigenvalue weighted by atomic mass is 10.1. The maximum atomic E-state index is 6.33. The molecule has 0 unspecified atom stereocenters. The topological polar surface area (TPSA) is 29.3 Å². The van der Waals surface area contributed by atoms with Gasteiger partial charge in [-0.3, -0.25) is 0 Å². The van der Waals surface area contributed by atoms with E-state index in [-0.39, 0.29) is 0 Å². The Kier molecular flexibility index (Phi) is 4.64. The Hall–Kier alpha value is -1.03. The van der Waals surface area contributed by atoms with Crippen LogP contribution in [0.5, 0.6) is 0 Å². The maximum absolute atomic E-state index is 6.33. The number of nitrogens with two attached hydrogens (primary N) is 1. The smallest absolute Gasteiger partial charge is 0.0643 e. The minimum atomic E-state index is 0.511. The zero-order chi connectivity index (χ0) is 13.0. The monoisotopic (exact) mass is 280 g/mol. The normalized spacial score (nSPS) is 10.6. The first-order valence-corrected chi connectivity index (χ1v) is 7.26. The number of para-hydroxylation sites is 1. The molecule has 2 N–H and O–H groups in total. The van der Waals surface area contributed by atoms with Gasteiger partial charge in [-0.25, -0.2) is 0 Å². The Labute approximate surface area is 117 Å². The Bertz CT molecular complexity index is 497. The molecule has 2 aromatic rings. The summed E-state index contributed by atoms with van der Waals surface area (Å²) in [7, 11) is 0. The quantitative estimate of drug-likeness (QED) is 0.900. The molecule has 2 rings (SSSR count). The minimum absolute atomic E-state index is 0.511. The van der Waals surface area contributed by atoms with Crippen molar-refractivity contribution in [3.63, 3.8) is 0 Å². The standard InChI is InChI=1S/C14H17ClN2S/c1-2-17(10-12-6-4-8-18-12)14-11(9-16)5-3-7-13(14)15/h3-8H,2,9-10,16H2,1H3. The minimum Gasteiger partial charge on any atom is -0.365 e. The number of hydrogen-bond donors (Lipinski definition) is 1. The van der Waals surface area contributed by atoms with E-state index >= 15 is 0 Å². The second kappa shape index (κ2) is 6.23. The van der Waals surface area contributed by atoms with Crippen LogP contribution in [0.3, 0.4) is 0 Å². The number of thiophene rings is 1. The highest BCUT2D eigenvalue weighted by atomic mass is 35.5. The Morgan fingerprint density at radius 1 is 1.28 bits per heavy atom. The van der Waals surface area contributed by atoms with E-state index in [9.17, 15) is 0 Å². The van der Waals surface area contributed by atoms with Crippen LogP contribution < -0.4 is 10.6 Å². The van der Waals surface area contributed by atoms with Crippen molar-refractivity contribution in [1.29, 1.82) is 0 Å². The molecule has 0 aliphatic carbocycles. The van der Waals surface area contributed by atoms with Gasteiger partial charge >= 0.3 is 0 Å². The van der Waals surface area contributed by atoms with Crippen molar-refractivity contribution in [2.24, 2.45) is 5.73 Å². The van der Waals surface area contributed by atoms with E-state index in [4.69, 9.17) is 17.3 Å². The highest BCUT2D eigenvalue weighted by molar-refractivity contribution is 7.09. The molecule has 0 spiro atoms. The Morgan fingerprint density at radius 3 is 2.72 bits per heavy atom. The lowest BCUT2D eigenvalue weighted by Gasteiger charge is -2.26. The van der Waals surface area contributed by atoms with Crippen molar-refractivity contribution in [2.45, 2.75) is 20.0 Å². The van der Waals surface area contributed by atoms with Crippen molar-refractivity contribution >= 4 is 28.6 Å². The summed E-state index contributed by atoms with van der Waals surface area (Å²) in [5.74, 6) is 0. The van der Waals surface area contributed by atoms with Crippen molar-refractivity contribution in [2.75, 3.05) is 11.4 Å². The molecule has 1 aromatic heterocycles. The zero-order valence-electron chi connectivity index (χ0n) is 10.4. The molecule has 18 heavy (non-hydrogen) atoms. The molecular weight excluding hydrogens is 264 g/mol. The second-order valence-corrected chi connectivity index (χ2v) is 5.48. The van der Waals surface area contributed by atoms with Crippen LogP contribution in [-0.2, 0) is 13.1 Å². The van der Waals surface area contributed by atoms with Crippen LogP contribution in [0.2, 0.25) is 5.02 Å². The summed E-state index contributed by atoms with van der Waals surface area (Å²) >= 11 is 8.09. The highest BCUT2D eigenvalue weighted by Crippen LogP contribution is 2.31. The van der Waals surface area contributed by atoms with Gasteiger partial charge in [0.1, 0.15) is 0 Å². The Morgan fingerprint density at radius 2 is 2.11 bits per heavy atom. The molecule has 0 fully saturated rings. The van der Waals surface area contributed by atoms with Crippen LogP contribution in [0.25, 0.3) is 0 Å². The summed E-state index contributed by atoms with van der Waals surface area (Å²) in [4.78, 5) is 3.61. The summed E-state index contributed by atoms with van der Waals surface area (Å²) in [5, 5.41) is 2.87. The fourth-order valence-corrected chi connectivity index (χ4v) is 3.05. The van der Waals surface area contributed by atoms with E-state index in [0.717, 1.165) is 29.4 Å². The first-order valence-electron chi connectivity index (χ1n) is 6.01. The number of anilines is 1. The SMILES string of the molecule is CCN(Cc1cccs1)c1c(Cl)cccc1CN. The van der Waals surface area contributed by atoms with E-state index in [1.165, 1.54) is 4.88 Å². The van der Waals surface area contributed by atoms with Crippen molar-refractivity contribution < 1.29 is 0 Å². The molecule has 0 aliphatic heterocycles. The molecular formula is C14H17ClN2S. The van der Waals surface area contributed by atoms with Gasteiger partial charge in [-0.15, -0.1) is 11.3 Å². The van der Waals surface area contributed by atoms with E-state index in [1.54, 1.807) is 11.3 Å². The molecule has 0 saturated heterocycles. The van der Waals surface area contributed by atoms with Gasteiger partial charge in [-0.1, -0.05) is 29.8 Å². The van der Waals surface area contributed by atoms with E-state index < -0.39 is 0 Å². The van der Waals surface area contributed by atoms with E-state index in [1.807, 2.05) is 18.2 Å². The van der Waals surface area contributed by atoms with Gasteiger partial charge in [-0.05, 0) is 30.0 Å². The summed E-state index contributed by atoms with van der Waals surface area (Å²) in [5.41, 5.74) is 7.97. The zero-order valence-corrected chi connectivity index (χ0v) is 12.0. The van der Waals surface area contributed by atoms with Crippen LogP contribution >= 0.6 is 22.9 Å². The molecule has 0 aliphatic rings. The van der Waals surface area contributed by atoms with Gasteiger partial charge in [0.15, 0.2) is 0 Å². The maximum Gasteiger partial charge on any atom is 0.0643 e. The molecule has 0 radical (unpaired) electrons. The first kappa shape index (κ1) is 13.4. The molecule has 1 heterocycles. The molecule has 96 valence electrons. The van der Waals surface area contributed by atoms with Crippen molar-refractivity contribution in [1.82, 2.24) is 0 Å². The first-order chi connectivity index (χ1) is 8.76. The molecule has 4 heteroatoms. The average molecular weight is 281 g/mol. The van der Waals surface area contributed by atoms with Gasteiger partial charge in [-0.2, -0.15) is 0 Å². The van der Waals surface area contributed by atoms with Crippen LogP contribution in [-0.4, -0.2) is 6.54 Å². The van der Waals surface area contributed by atoms with Crippen LogP contribution in [0.4, 0.5) is 5.69 Å². The van der Waals surface area contributed by atoms with E-state index in [2.05, 4.69) is 29.3 Å². The van der Waals surface area contributed by atoms with Gasteiger partial charge in [0.25, 0.3) is 0 Å². The predicted molar refractivity (Wildman–Crippen MR) is 80.4 cm³/mol. The van der Waals surface area contributed by atoms with Crippen molar-refractivity contribution in [3.8, 4) is 0 Å². The lowest BCUT2D eigenvalue weighted by Crippen LogP contribution is -2.23. The third-order valence-electron chi connectivity index (χ3n) is 2.92. The molecule has 0 atom stereocenters. The van der Waals surface area contributed by atoms with Gasteiger partial charge in [0, 0.05) is 18.0 Å². The molecule has 0 amide bonds. The van der Waals surface area contributed by atoms with Gasteiger partial charge in [0.2, 0.25) is 0 Å². The van der Waals surface area contributed by atoms with Crippen molar-refractivity contribution in [3.05, 3.63) is 51.2 Å². The average Bonchev–Trinajstić information content (AvgIpc) is 2.89. The Balaban J connectivity index is 2.32. The van der Waals surface area contributed by atoms with Gasteiger partial charge in [0.05, 0.1) is 17.3 Å². The number of benzene rings is 1. The third-order valence-corrected chi connectivity index (χ3v) is 4.08. The number of halogens is 1. The fourth-order valence-electron chi connectivity index (χ4n) is 2.02. The van der Waals surface area contributed by atoms with Crippen LogP contribution in [0.15, 0.2) is 35.7 Å². The molecule has 1 aromatic carbocycles. The number of hydrogen-bond acceptors (Lipinski definition) is 3. The predicted octanol–water partition coefficient (Wildman–Crippen LogP) is 3.89. The summed E-state index contributed by atoms with van der Waals surface area (Å²) < 4.78 is 0. The lowest BCUT2D eigenvalue weighted by molar-refractivity contribution is 0.831. The van der Waals surface area contributed by atoms with E-state index in [0.29, 0.717) is 6.54 Å². The number of nitrogens with zero attached hydrogens (tertiary/aromatic N) is 1. The third kappa shape index (κ3) is 2.86. The molecule has 2 nitrogen and oxygen atoms in total. The summed E-state index contributed by atoms with van der Waals surface area (Å²) in [6, 6.07) is 10.1. The highest BCUT2D eigenvalue weighted by Gasteiger charge is 2.13. The summed E-state index contributed by atoms with van der Waals surface area (Å²) in [6.07, 6.45) is 0. The van der Waals surface area contributed by atoms with Gasteiger partial charge < -0.3 is 10.6 Å².